The fraction of sp³-hybridized carbons (Fsp3) is 0.435. The molecule has 1 aliphatic heterocycles. The summed E-state index contributed by atoms with van der Waals surface area (Å²) in [7, 11) is 7.35. The Kier molecular flexibility index (Phi) is 7.52. The van der Waals surface area contributed by atoms with E-state index >= 15 is 0 Å². The minimum atomic E-state index is -0.169. The third-order valence-electron chi connectivity index (χ3n) is 5.24. The first kappa shape index (κ1) is 21.9. The highest BCUT2D eigenvalue weighted by Gasteiger charge is 2.25. The zero-order valence-corrected chi connectivity index (χ0v) is 18.3. The topological polar surface area (TPSA) is 52.1 Å². The first-order valence-corrected chi connectivity index (χ1v) is 10.3. The molecule has 0 aliphatic carbocycles. The maximum atomic E-state index is 14.0. The Bertz CT molecular complexity index is 870. The summed E-state index contributed by atoms with van der Waals surface area (Å²) in [5.74, 6) is 1.48. The van der Waals surface area contributed by atoms with Gasteiger partial charge in [-0.2, -0.15) is 0 Å². The highest BCUT2D eigenvalue weighted by atomic mass is 19.1. The summed E-state index contributed by atoms with van der Waals surface area (Å²) in [4.78, 5) is 8.65. The second kappa shape index (κ2) is 10.3. The Labute approximate surface area is 178 Å². The van der Waals surface area contributed by atoms with Gasteiger partial charge in [-0.1, -0.05) is 18.2 Å². The maximum Gasteiger partial charge on any atom is 0.191 e. The van der Waals surface area contributed by atoms with E-state index in [9.17, 15) is 4.39 Å². The molecule has 6 nitrogen and oxygen atoms in total. The molecule has 30 heavy (non-hydrogen) atoms. The molecule has 1 atom stereocenters. The van der Waals surface area contributed by atoms with Crippen molar-refractivity contribution < 1.29 is 9.13 Å². The molecule has 2 N–H and O–H groups in total. The number of para-hydroxylation sites is 2. The number of rotatable bonds is 7. The van der Waals surface area contributed by atoms with Crippen molar-refractivity contribution >= 4 is 11.6 Å². The number of anilines is 1. The predicted octanol–water partition coefficient (Wildman–Crippen LogP) is 2.84. The molecule has 1 heterocycles. The summed E-state index contributed by atoms with van der Waals surface area (Å²) in [5, 5.41) is 6.85. The molecule has 2 aromatic rings. The number of ether oxygens (including phenoxy) is 1. The third kappa shape index (κ3) is 5.63. The van der Waals surface area contributed by atoms with Crippen molar-refractivity contribution in [2.24, 2.45) is 4.99 Å². The smallest absolute Gasteiger partial charge is 0.191 e. The number of hydrogen-bond acceptors (Lipinski definition) is 4. The van der Waals surface area contributed by atoms with Gasteiger partial charge in [-0.3, -0.25) is 4.99 Å². The Morgan fingerprint density at radius 3 is 2.80 bits per heavy atom. The molecule has 1 fully saturated rings. The quantitative estimate of drug-likeness (QED) is 0.540. The van der Waals surface area contributed by atoms with Crippen molar-refractivity contribution in [3.63, 3.8) is 0 Å². The van der Waals surface area contributed by atoms with Crippen LogP contribution in [0.5, 0.6) is 5.75 Å². The molecule has 1 unspecified atom stereocenters. The minimum Gasteiger partial charge on any atom is -0.495 e. The molecule has 0 spiro atoms. The first-order chi connectivity index (χ1) is 14.5. The summed E-state index contributed by atoms with van der Waals surface area (Å²) < 4.78 is 19.5. The van der Waals surface area contributed by atoms with Crippen LogP contribution in [0.4, 0.5) is 10.1 Å². The molecule has 1 saturated heterocycles. The normalized spacial score (nSPS) is 16.8. The van der Waals surface area contributed by atoms with Crippen LogP contribution in [0.1, 0.15) is 17.5 Å². The van der Waals surface area contributed by atoms with Gasteiger partial charge in [-0.05, 0) is 50.3 Å². The van der Waals surface area contributed by atoms with Crippen molar-refractivity contribution in [3.05, 3.63) is 59.4 Å². The van der Waals surface area contributed by atoms with Crippen LogP contribution in [0.15, 0.2) is 47.5 Å². The van der Waals surface area contributed by atoms with Gasteiger partial charge in [-0.25, -0.2) is 4.39 Å². The van der Waals surface area contributed by atoms with Crippen LogP contribution in [0.2, 0.25) is 0 Å². The van der Waals surface area contributed by atoms with Crippen molar-refractivity contribution in [1.82, 2.24) is 15.5 Å². The van der Waals surface area contributed by atoms with Crippen LogP contribution < -0.4 is 20.3 Å². The number of methoxy groups -OCH3 is 1. The SMILES string of the molecule is CN=C(NCc1ccc(F)c(CN(C)C)c1)NC1CCN(c2ccccc2OC)C1. The number of halogens is 1. The molecule has 1 aliphatic rings. The van der Waals surface area contributed by atoms with E-state index in [0.717, 1.165) is 42.5 Å². The van der Waals surface area contributed by atoms with Crippen molar-refractivity contribution in [3.8, 4) is 5.75 Å². The second-order valence-electron chi connectivity index (χ2n) is 7.84. The van der Waals surface area contributed by atoms with Gasteiger partial charge in [0.05, 0.1) is 12.8 Å². The van der Waals surface area contributed by atoms with Crippen LogP contribution in [-0.4, -0.2) is 58.2 Å². The maximum absolute atomic E-state index is 14.0. The van der Waals surface area contributed by atoms with Crippen molar-refractivity contribution in [2.45, 2.75) is 25.6 Å². The minimum absolute atomic E-state index is 0.169. The molecule has 0 radical (unpaired) electrons. The Balaban J connectivity index is 1.56. The summed E-state index contributed by atoms with van der Waals surface area (Å²) in [6, 6.07) is 13.7. The number of hydrogen-bond donors (Lipinski definition) is 2. The zero-order valence-electron chi connectivity index (χ0n) is 18.3. The number of benzene rings is 2. The van der Waals surface area contributed by atoms with E-state index in [1.165, 1.54) is 6.07 Å². The van der Waals surface area contributed by atoms with E-state index in [1.807, 2.05) is 49.3 Å². The van der Waals surface area contributed by atoms with Gasteiger partial charge in [0.1, 0.15) is 11.6 Å². The van der Waals surface area contributed by atoms with E-state index in [-0.39, 0.29) is 5.82 Å². The fourth-order valence-electron chi connectivity index (χ4n) is 3.76. The Hall–Kier alpha value is -2.80. The lowest BCUT2D eigenvalue weighted by Gasteiger charge is -2.22. The van der Waals surface area contributed by atoms with Crippen molar-refractivity contribution in [2.75, 3.05) is 46.2 Å². The number of guanidine groups is 1. The molecule has 162 valence electrons. The van der Waals surface area contributed by atoms with Crippen LogP contribution in [0, 0.1) is 5.82 Å². The largest absolute Gasteiger partial charge is 0.495 e. The zero-order chi connectivity index (χ0) is 21.5. The van der Waals surface area contributed by atoms with Gasteiger partial charge in [0.15, 0.2) is 5.96 Å². The Morgan fingerprint density at radius 2 is 2.07 bits per heavy atom. The van der Waals surface area contributed by atoms with E-state index in [4.69, 9.17) is 4.74 Å². The van der Waals surface area contributed by atoms with Crippen LogP contribution in [0.25, 0.3) is 0 Å². The van der Waals surface area contributed by atoms with Gasteiger partial charge >= 0.3 is 0 Å². The molecule has 3 rings (SSSR count). The van der Waals surface area contributed by atoms with E-state index in [1.54, 1.807) is 14.2 Å². The Morgan fingerprint density at radius 1 is 1.27 bits per heavy atom. The lowest BCUT2D eigenvalue weighted by Crippen LogP contribution is -2.44. The van der Waals surface area contributed by atoms with Gasteiger partial charge in [0, 0.05) is 44.8 Å². The summed E-state index contributed by atoms with van der Waals surface area (Å²) in [6.45, 7) is 3.00. The molecular weight excluding hydrogens is 381 g/mol. The average molecular weight is 414 g/mol. The number of nitrogens with one attached hydrogen (secondary N) is 2. The standard InChI is InChI=1S/C23H32FN5O/c1-25-23(26-14-17-9-10-20(24)18(13-17)15-28(2)3)27-19-11-12-29(16-19)21-7-5-6-8-22(21)30-4/h5-10,13,19H,11-12,14-16H2,1-4H3,(H2,25,26,27). The van der Waals surface area contributed by atoms with E-state index in [2.05, 4.69) is 26.6 Å². The molecule has 2 aromatic carbocycles. The van der Waals surface area contributed by atoms with E-state index in [0.29, 0.717) is 24.7 Å². The molecule has 0 bridgehead atoms. The van der Waals surface area contributed by atoms with Crippen LogP contribution >= 0.6 is 0 Å². The third-order valence-corrected chi connectivity index (χ3v) is 5.24. The molecular formula is C23H32FN5O. The van der Waals surface area contributed by atoms with Gasteiger partial charge in [0.25, 0.3) is 0 Å². The molecule has 7 heteroatoms. The van der Waals surface area contributed by atoms with Gasteiger partial charge in [-0.15, -0.1) is 0 Å². The predicted molar refractivity (Wildman–Crippen MR) is 121 cm³/mol. The average Bonchev–Trinajstić information content (AvgIpc) is 3.21. The second-order valence-corrected chi connectivity index (χ2v) is 7.84. The molecule has 0 amide bonds. The summed E-state index contributed by atoms with van der Waals surface area (Å²) in [6.07, 6.45) is 1.02. The first-order valence-electron chi connectivity index (χ1n) is 10.3. The van der Waals surface area contributed by atoms with Gasteiger partial charge < -0.3 is 25.2 Å². The summed E-state index contributed by atoms with van der Waals surface area (Å²) >= 11 is 0. The highest BCUT2D eigenvalue weighted by Crippen LogP contribution is 2.30. The highest BCUT2D eigenvalue weighted by molar-refractivity contribution is 5.80. The number of nitrogens with zero attached hydrogens (tertiary/aromatic N) is 3. The fourth-order valence-corrected chi connectivity index (χ4v) is 3.76. The number of aliphatic imine (C=N–C) groups is 1. The van der Waals surface area contributed by atoms with Crippen LogP contribution in [-0.2, 0) is 13.1 Å². The summed E-state index contributed by atoms with van der Waals surface area (Å²) in [5.41, 5.74) is 2.84. The lowest BCUT2D eigenvalue weighted by atomic mass is 10.1. The van der Waals surface area contributed by atoms with Gasteiger partial charge in [0.2, 0.25) is 0 Å². The lowest BCUT2D eigenvalue weighted by molar-refractivity contribution is 0.392. The van der Waals surface area contributed by atoms with E-state index < -0.39 is 0 Å². The van der Waals surface area contributed by atoms with Crippen LogP contribution in [0.3, 0.4) is 0 Å². The molecule has 0 saturated carbocycles. The monoisotopic (exact) mass is 413 g/mol. The molecule has 0 aromatic heterocycles. The van der Waals surface area contributed by atoms with Crippen molar-refractivity contribution in [1.29, 1.82) is 0 Å².